The predicted octanol–water partition coefficient (Wildman–Crippen LogP) is 10.7. The molecule has 0 rings (SSSR count). The van der Waals surface area contributed by atoms with Crippen LogP contribution in [-0.2, 0) is 0 Å². The van der Waals surface area contributed by atoms with Crippen LogP contribution in [0.15, 0.2) is 0 Å². The Labute approximate surface area is 198 Å². The van der Waals surface area contributed by atoms with E-state index in [1.54, 1.807) is 5.92 Å². The van der Waals surface area contributed by atoms with Crippen molar-refractivity contribution in [3.05, 3.63) is 5.92 Å². The molecule has 0 saturated heterocycles. The lowest BCUT2D eigenvalue weighted by molar-refractivity contribution is 0.283. The minimum absolute atomic E-state index is 0.361. The second-order valence-electron chi connectivity index (χ2n) is 10.1. The van der Waals surface area contributed by atoms with Gasteiger partial charge in [0.25, 0.3) is 0 Å². The summed E-state index contributed by atoms with van der Waals surface area (Å²) < 4.78 is 0. The van der Waals surface area contributed by atoms with Crippen LogP contribution < -0.4 is 0 Å². The maximum absolute atomic E-state index is 9.22. The van der Waals surface area contributed by atoms with Crippen LogP contribution in [0.25, 0.3) is 0 Å². The van der Waals surface area contributed by atoms with E-state index in [4.69, 9.17) is 0 Å². The molecule has 0 aromatic heterocycles. The van der Waals surface area contributed by atoms with Crippen LogP contribution in [0.3, 0.4) is 0 Å². The van der Waals surface area contributed by atoms with Crippen LogP contribution in [0.1, 0.15) is 181 Å². The van der Waals surface area contributed by atoms with E-state index in [0.717, 1.165) is 6.42 Å². The molecule has 187 valence electrons. The lowest BCUT2D eigenvalue weighted by atomic mass is 9.90. The number of aliphatic hydroxyl groups is 1. The van der Waals surface area contributed by atoms with E-state index >= 15 is 0 Å². The van der Waals surface area contributed by atoms with Gasteiger partial charge in [0.2, 0.25) is 0 Å². The van der Waals surface area contributed by atoms with E-state index in [0.29, 0.717) is 6.61 Å². The van der Waals surface area contributed by atoms with Crippen LogP contribution in [0.5, 0.6) is 0 Å². The molecule has 0 aliphatic heterocycles. The van der Waals surface area contributed by atoms with E-state index < -0.39 is 0 Å². The molecular formula is C30H61O. The Hall–Kier alpha value is -0.0400. The van der Waals surface area contributed by atoms with Gasteiger partial charge < -0.3 is 5.11 Å². The summed E-state index contributed by atoms with van der Waals surface area (Å²) in [7, 11) is 0. The summed E-state index contributed by atoms with van der Waals surface area (Å²) in [5, 5.41) is 9.22. The fourth-order valence-corrected chi connectivity index (χ4v) is 4.78. The number of unbranched alkanes of at least 4 members (excludes halogenated alkanes) is 20. The topological polar surface area (TPSA) is 20.2 Å². The van der Waals surface area contributed by atoms with Crippen molar-refractivity contribution in [2.75, 3.05) is 6.61 Å². The summed E-state index contributed by atoms with van der Waals surface area (Å²) in [6, 6.07) is 0. The molecule has 1 nitrogen and oxygen atoms in total. The highest BCUT2D eigenvalue weighted by atomic mass is 16.2. The summed E-state index contributed by atoms with van der Waals surface area (Å²) in [5.74, 6) is 1.75. The zero-order valence-corrected chi connectivity index (χ0v) is 22.0. The molecular weight excluding hydrogens is 376 g/mol. The van der Waals surface area contributed by atoms with Crippen molar-refractivity contribution in [3.63, 3.8) is 0 Å². The highest BCUT2D eigenvalue weighted by Gasteiger charge is 2.09. The van der Waals surface area contributed by atoms with E-state index in [2.05, 4.69) is 13.8 Å². The average Bonchev–Trinajstić information content (AvgIpc) is 2.78. The molecule has 0 aliphatic carbocycles. The third-order valence-electron chi connectivity index (χ3n) is 6.96. The Bertz CT molecular complexity index is 275. The number of rotatable bonds is 27. The van der Waals surface area contributed by atoms with Gasteiger partial charge in [-0.25, -0.2) is 0 Å². The molecule has 0 heterocycles. The number of hydrogen-bond donors (Lipinski definition) is 1. The molecule has 0 aromatic carbocycles. The first-order valence-corrected chi connectivity index (χ1v) is 14.8. The van der Waals surface area contributed by atoms with Gasteiger partial charge in [-0.2, -0.15) is 0 Å². The fourth-order valence-electron chi connectivity index (χ4n) is 4.78. The summed E-state index contributed by atoms with van der Waals surface area (Å²) in [6.45, 7) is 4.95. The molecule has 0 fully saturated rings. The van der Waals surface area contributed by atoms with Crippen LogP contribution >= 0.6 is 0 Å². The van der Waals surface area contributed by atoms with Crippen LogP contribution in [0, 0.1) is 5.92 Å². The van der Waals surface area contributed by atoms with Crippen molar-refractivity contribution in [1.29, 1.82) is 0 Å². The Morgan fingerprint density at radius 1 is 0.355 bits per heavy atom. The highest BCUT2D eigenvalue weighted by Crippen LogP contribution is 2.25. The largest absolute Gasteiger partial charge is 0.396 e. The summed E-state index contributed by atoms with van der Waals surface area (Å²) in [6.07, 6.45) is 36.2. The third kappa shape index (κ3) is 26.1. The van der Waals surface area contributed by atoms with Crippen molar-refractivity contribution in [1.82, 2.24) is 0 Å². The first-order chi connectivity index (χ1) is 15.3. The van der Waals surface area contributed by atoms with Gasteiger partial charge in [-0.15, -0.1) is 0 Å². The minimum Gasteiger partial charge on any atom is -0.396 e. The maximum Gasteiger partial charge on any atom is 0.0431 e. The fraction of sp³-hybridized carbons (Fsp3) is 0.967. The van der Waals surface area contributed by atoms with Gasteiger partial charge in [0, 0.05) is 6.61 Å². The monoisotopic (exact) mass is 437 g/mol. The summed E-state index contributed by atoms with van der Waals surface area (Å²) in [4.78, 5) is 0. The molecule has 0 spiro atoms. The van der Waals surface area contributed by atoms with Gasteiger partial charge in [0.15, 0.2) is 0 Å². The Kier molecular flexibility index (Phi) is 28.0. The van der Waals surface area contributed by atoms with Gasteiger partial charge in [0.1, 0.15) is 0 Å². The van der Waals surface area contributed by atoms with Crippen LogP contribution in [0.4, 0.5) is 0 Å². The van der Waals surface area contributed by atoms with E-state index in [-0.39, 0.29) is 0 Å². The molecule has 1 radical (unpaired) electrons. The highest BCUT2D eigenvalue weighted by molar-refractivity contribution is 4.89. The Morgan fingerprint density at radius 2 is 0.613 bits per heavy atom. The lowest BCUT2D eigenvalue weighted by Gasteiger charge is -2.16. The summed E-state index contributed by atoms with van der Waals surface area (Å²) >= 11 is 0. The summed E-state index contributed by atoms with van der Waals surface area (Å²) in [5.41, 5.74) is 0. The normalized spacial score (nSPS) is 11.6. The second kappa shape index (κ2) is 28.0. The number of hydrogen-bond acceptors (Lipinski definition) is 1. The molecule has 0 amide bonds. The predicted molar refractivity (Wildman–Crippen MR) is 142 cm³/mol. The van der Waals surface area contributed by atoms with E-state index in [1.165, 1.54) is 161 Å². The Morgan fingerprint density at radius 3 is 0.903 bits per heavy atom. The first-order valence-electron chi connectivity index (χ1n) is 14.8. The van der Waals surface area contributed by atoms with Gasteiger partial charge in [-0.3, -0.25) is 0 Å². The lowest BCUT2D eigenvalue weighted by Crippen LogP contribution is -2.00. The maximum atomic E-state index is 9.22. The van der Waals surface area contributed by atoms with Crippen molar-refractivity contribution in [2.45, 2.75) is 181 Å². The van der Waals surface area contributed by atoms with Gasteiger partial charge in [-0.05, 0) is 31.6 Å². The molecule has 0 saturated carbocycles. The minimum atomic E-state index is 0.361. The molecule has 0 unspecified atom stereocenters. The zero-order valence-electron chi connectivity index (χ0n) is 22.0. The molecule has 0 atom stereocenters. The molecule has 1 N–H and O–H groups in total. The zero-order chi connectivity index (χ0) is 22.7. The van der Waals surface area contributed by atoms with Crippen LogP contribution in [-0.4, -0.2) is 11.7 Å². The van der Waals surface area contributed by atoms with Crippen molar-refractivity contribution < 1.29 is 5.11 Å². The van der Waals surface area contributed by atoms with Gasteiger partial charge in [0.05, 0.1) is 0 Å². The van der Waals surface area contributed by atoms with E-state index in [9.17, 15) is 5.11 Å². The smallest absolute Gasteiger partial charge is 0.0431 e. The Balaban J connectivity index is 3.50. The van der Waals surface area contributed by atoms with E-state index in [1.807, 2.05) is 0 Å². The van der Waals surface area contributed by atoms with Crippen molar-refractivity contribution in [2.24, 2.45) is 0 Å². The van der Waals surface area contributed by atoms with Crippen molar-refractivity contribution in [3.8, 4) is 0 Å². The molecule has 31 heavy (non-hydrogen) atoms. The number of aliphatic hydroxyl groups excluding tert-OH is 1. The average molecular weight is 438 g/mol. The second-order valence-corrected chi connectivity index (χ2v) is 10.1. The standard InChI is InChI=1S/C30H61O/c1-3-5-7-9-11-13-15-17-19-21-23-26-30(28-25-29-31)27-24-22-20-18-16-14-12-10-8-6-4-2/h31H,3-29H2,1-2H3. The van der Waals surface area contributed by atoms with Crippen molar-refractivity contribution >= 4 is 0 Å². The van der Waals surface area contributed by atoms with Gasteiger partial charge in [-0.1, -0.05) is 155 Å². The molecule has 1 heteroatoms. The molecule has 0 bridgehead atoms. The first kappa shape index (κ1) is 31.0. The molecule has 0 aliphatic rings. The van der Waals surface area contributed by atoms with Crippen LogP contribution in [0.2, 0.25) is 0 Å². The molecule has 0 aromatic rings. The SMILES string of the molecule is CCCCCCCCCCCCC[C](CCCO)CCCCCCCCCCCCC. The third-order valence-corrected chi connectivity index (χ3v) is 6.96. The van der Waals surface area contributed by atoms with Gasteiger partial charge >= 0.3 is 0 Å². The quantitative estimate of drug-likeness (QED) is 0.127.